The van der Waals surface area contributed by atoms with Crippen LogP contribution in [0, 0.1) is 5.92 Å². The molecule has 2 unspecified atom stereocenters. The molecule has 1 aromatic carbocycles. The third-order valence-corrected chi connectivity index (χ3v) is 4.89. The summed E-state index contributed by atoms with van der Waals surface area (Å²) < 4.78 is 0. The van der Waals surface area contributed by atoms with Gasteiger partial charge in [-0.25, -0.2) is 0 Å². The molecule has 0 heterocycles. The Morgan fingerprint density at radius 3 is 2.72 bits per heavy atom. The summed E-state index contributed by atoms with van der Waals surface area (Å²) in [6, 6.07) is 5.28. The highest BCUT2D eigenvalue weighted by molar-refractivity contribution is 6.31. The van der Waals surface area contributed by atoms with Crippen molar-refractivity contribution >= 4 is 29.1 Å². The van der Waals surface area contributed by atoms with Crippen molar-refractivity contribution in [1.29, 1.82) is 0 Å². The number of carbonyl (C=O) groups is 2. The van der Waals surface area contributed by atoms with Gasteiger partial charge in [0.25, 0.3) is 5.91 Å². The van der Waals surface area contributed by atoms with Gasteiger partial charge in [-0.05, 0) is 43.4 Å². The highest BCUT2D eigenvalue weighted by Crippen LogP contribution is 2.24. The topological polar surface area (TPSA) is 70.2 Å². The van der Waals surface area contributed by atoms with Gasteiger partial charge in [0, 0.05) is 23.3 Å². The molecule has 2 amide bonds. The Labute approximate surface area is 154 Å². The normalized spacial score (nSPS) is 20.0. The lowest BCUT2D eigenvalue weighted by atomic mass is 9.86. The molecule has 0 radical (unpaired) electrons. The molecule has 0 spiro atoms. The summed E-state index contributed by atoms with van der Waals surface area (Å²) in [5.74, 6) is 0.292. The molecular weight excluding hydrogens is 338 g/mol. The zero-order valence-electron chi connectivity index (χ0n) is 15.0. The van der Waals surface area contributed by atoms with Gasteiger partial charge < -0.3 is 16.0 Å². The molecule has 138 valence electrons. The first-order valence-electron chi connectivity index (χ1n) is 9.12. The summed E-state index contributed by atoms with van der Waals surface area (Å²) in [6.07, 6.45) is 5.47. The Kier molecular flexibility index (Phi) is 7.56. The molecule has 1 saturated carbocycles. The average molecular weight is 366 g/mol. The molecule has 3 N–H and O–H groups in total. The molecule has 0 saturated heterocycles. The van der Waals surface area contributed by atoms with Crippen LogP contribution in [-0.4, -0.2) is 30.9 Å². The van der Waals surface area contributed by atoms with Crippen molar-refractivity contribution in [1.82, 2.24) is 10.6 Å². The maximum absolute atomic E-state index is 12.3. The van der Waals surface area contributed by atoms with E-state index in [-0.39, 0.29) is 24.4 Å². The van der Waals surface area contributed by atoms with Gasteiger partial charge in [0.15, 0.2) is 0 Å². The third kappa shape index (κ3) is 5.92. The van der Waals surface area contributed by atoms with Gasteiger partial charge in [-0.2, -0.15) is 0 Å². The van der Waals surface area contributed by atoms with E-state index in [0.717, 1.165) is 19.3 Å². The number of hydrogen-bond donors (Lipinski definition) is 3. The van der Waals surface area contributed by atoms with Gasteiger partial charge in [-0.3, -0.25) is 9.59 Å². The Balaban J connectivity index is 1.95. The maximum Gasteiger partial charge on any atom is 0.253 e. The molecule has 1 aliphatic rings. The summed E-state index contributed by atoms with van der Waals surface area (Å²) in [6.45, 7) is 4.92. The molecule has 1 fully saturated rings. The van der Waals surface area contributed by atoms with Crippen molar-refractivity contribution in [2.45, 2.75) is 52.0 Å². The predicted molar refractivity (Wildman–Crippen MR) is 102 cm³/mol. The minimum absolute atomic E-state index is 0.0568. The Hall–Kier alpha value is -1.75. The smallest absolute Gasteiger partial charge is 0.253 e. The van der Waals surface area contributed by atoms with E-state index in [2.05, 4.69) is 22.9 Å². The van der Waals surface area contributed by atoms with Crippen LogP contribution in [0.4, 0.5) is 5.69 Å². The fourth-order valence-corrected chi connectivity index (χ4v) is 3.33. The molecule has 0 aliphatic heterocycles. The van der Waals surface area contributed by atoms with E-state index < -0.39 is 0 Å². The first kappa shape index (κ1) is 19.6. The number of anilines is 1. The lowest BCUT2D eigenvalue weighted by Crippen LogP contribution is -2.43. The van der Waals surface area contributed by atoms with Gasteiger partial charge in [0.1, 0.15) is 0 Å². The van der Waals surface area contributed by atoms with E-state index in [1.54, 1.807) is 18.2 Å². The molecule has 2 rings (SSSR count). The van der Waals surface area contributed by atoms with Crippen molar-refractivity contribution in [3.05, 3.63) is 28.8 Å². The minimum atomic E-state index is -0.165. The summed E-state index contributed by atoms with van der Waals surface area (Å²) in [5.41, 5.74) is 1.07. The number of nitrogens with one attached hydrogen (secondary N) is 3. The van der Waals surface area contributed by atoms with E-state index >= 15 is 0 Å². The van der Waals surface area contributed by atoms with Gasteiger partial charge in [0.2, 0.25) is 5.91 Å². The van der Waals surface area contributed by atoms with Gasteiger partial charge in [-0.1, -0.05) is 38.3 Å². The van der Waals surface area contributed by atoms with Gasteiger partial charge >= 0.3 is 0 Å². The monoisotopic (exact) mass is 365 g/mol. The van der Waals surface area contributed by atoms with Crippen LogP contribution in [-0.2, 0) is 4.79 Å². The van der Waals surface area contributed by atoms with E-state index in [0.29, 0.717) is 28.7 Å². The molecule has 1 aromatic rings. The summed E-state index contributed by atoms with van der Waals surface area (Å²) in [4.78, 5) is 24.5. The van der Waals surface area contributed by atoms with Crippen LogP contribution in [0.15, 0.2) is 18.2 Å². The average Bonchev–Trinajstić information content (AvgIpc) is 2.60. The molecule has 0 bridgehead atoms. The van der Waals surface area contributed by atoms with Gasteiger partial charge in [-0.15, -0.1) is 0 Å². The zero-order chi connectivity index (χ0) is 18.2. The second-order valence-corrected chi connectivity index (χ2v) is 7.17. The Morgan fingerprint density at radius 1 is 1.24 bits per heavy atom. The second kappa shape index (κ2) is 9.66. The van der Waals surface area contributed by atoms with Crippen molar-refractivity contribution in [3.63, 3.8) is 0 Å². The zero-order valence-corrected chi connectivity index (χ0v) is 15.8. The van der Waals surface area contributed by atoms with E-state index in [9.17, 15) is 9.59 Å². The number of halogens is 1. The fourth-order valence-electron chi connectivity index (χ4n) is 3.16. The summed E-state index contributed by atoms with van der Waals surface area (Å²) in [5, 5.41) is 9.53. The number of hydrogen-bond acceptors (Lipinski definition) is 3. The highest BCUT2D eigenvalue weighted by atomic mass is 35.5. The van der Waals surface area contributed by atoms with Crippen LogP contribution in [0.5, 0.6) is 0 Å². The van der Waals surface area contributed by atoms with E-state index in [4.69, 9.17) is 11.6 Å². The number of amides is 2. The van der Waals surface area contributed by atoms with Crippen molar-refractivity contribution in [2.75, 3.05) is 18.4 Å². The van der Waals surface area contributed by atoms with Crippen molar-refractivity contribution < 1.29 is 9.59 Å². The standard InChI is InChI=1S/C19H28ClN3O2/c1-3-10-21-19(25)15-9-8-14(20)11-17(15)22-12-18(24)23-16-7-5-4-6-13(16)2/h8-9,11,13,16,22H,3-7,10,12H2,1-2H3,(H,21,25)(H,23,24). The Bertz CT molecular complexity index is 606. The van der Waals surface area contributed by atoms with Crippen molar-refractivity contribution in [2.24, 2.45) is 5.92 Å². The van der Waals surface area contributed by atoms with Crippen LogP contribution in [0.3, 0.4) is 0 Å². The first-order valence-corrected chi connectivity index (χ1v) is 9.50. The largest absolute Gasteiger partial charge is 0.375 e. The second-order valence-electron chi connectivity index (χ2n) is 6.74. The fraction of sp³-hybridized carbons (Fsp3) is 0.579. The number of rotatable bonds is 7. The van der Waals surface area contributed by atoms with Crippen molar-refractivity contribution in [3.8, 4) is 0 Å². The van der Waals surface area contributed by atoms with Crippen LogP contribution in [0.2, 0.25) is 5.02 Å². The molecule has 1 aliphatic carbocycles. The molecule has 0 aromatic heterocycles. The lowest BCUT2D eigenvalue weighted by Gasteiger charge is -2.29. The van der Waals surface area contributed by atoms with Crippen LogP contribution in [0.1, 0.15) is 56.3 Å². The van der Waals surface area contributed by atoms with Crippen LogP contribution < -0.4 is 16.0 Å². The van der Waals surface area contributed by atoms with Crippen LogP contribution >= 0.6 is 11.6 Å². The summed E-state index contributed by atoms with van der Waals surface area (Å²) >= 11 is 6.04. The maximum atomic E-state index is 12.3. The SMILES string of the molecule is CCCNC(=O)c1ccc(Cl)cc1NCC(=O)NC1CCCCC1C. The highest BCUT2D eigenvalue weighted by Gasteiger charge is 2.22. The molecular formula is C19H28ClN3O2. The van der Waals surface area contributed by atoms with Crippen LogP contribution in [0.25, 0.3) is 0 Å². The number of benzene rings is 1. The predicted octanol–water partition coefficient (Wildman–Crippen LogP) is 3.59. The van der Waals surface area contributed by atoms with E-state index in [1.165, 1.54) is 12.8 Å². The first-order chi connectivity index (χ1) is 12.0. The minimum Gasteiger partial charge on any atom is -0.375 e. The Morgan fingerprint density at radius 2 is 2.00 bits per heavy atom. The molecule has 6 heteroatoms. The van der Waals surface area contributed by atoms with Gasteiger partial charge in [0.05, 0.1) is 12.1 Å². The third-order valence-electron chi connectivity index (χ3n) is 4.66. The lowest BCUT2D eigenvalue weighted by molar-refractivity contribution is -0.120. The number of carbonyl (C=O) groups excluding carboxylic acids is 2. The quantitative estimate of drug-likeness (QED) is 0.691. The molecule has 5 nitrogen and oxygen atoms in total. The molecule has 2 atom stereocenters. The van der Waals surface area contributed by atoms with E-state index in [1.807, 2.05) is 6.92 Å². The summed E-state index contributed by atoms with van der Waals surface area (Å²) in [7, 11) is 0. The molecule has 25 heavy (non-hydrogen) atoms.